The molecule has 0 atom stereocenters. The molecular weight excluding hydrogens is 362 g/mol. The Balaban J connectivity index is 1.52. The van der Waals surface area contributed by atoms with Crippen LogP contribution in [0.1, 0.15) is 12.5 Å². The van der Waals surface area contributed by atoms with Crippen molar-refractivity contribution in [2.45, 2.75) is 18.2 Å². The maximum absolute atomic E-state index is 12.4. The van der Waals surface area contributed by atoms with E-state index in [1.165, 1.54) is 0 Å². The highest BCUT2D eigenvalue weighted by molar-refractivity contribution is 7.89. The van der Waals surface area contributed by atoms with E-state index in [0.29, 0.717) is 13.1 Å². The van der Waals surface area contributed by atoms with Crippen LogP contribution in [0.2, 0.25) is 0 Å². The molecule has 7 heteroatoms. The predicted octanol–water partition coefficient (Wildman–Crippen LogP) is 1.88. The van der Waals surface area contributed by atoms with Crippen LogP contribution in [-0.2, 0) is 21.2 Å². The maximum Gasteiger partial charge on any atom is 0.241 e. The molecule has 1 fully saturated rings. The van der Waals surface area contributed by atoms with Gasteiger partial charge in [-0.2, -0.15) is 0 Å². The van der Waals surface area contributed by atoms with Gasteiger partial charge >= 0.3 is 0 Å². The van der Waals surface area contributed by atoms with Crippen LogP contribution in [0.15, 0.2) is 59.5 Å². The Labute approximate surface area is 160 Å². The number of nitrogens with zero attached hydrogens (tertiary/aromatic N) is 2. The van der Waals surface area contributed by atoms with Crippen molar-refractivity contribution in [2.75, 3.05) is 37.6 Å². The van der Waals surface area contributed by atoms with E-state index < -0.39 is 10.0 Å². The normalized spacial score (nSPS) is 15.0. The molecule has 1 heterocycles. The van der Waals surface area contributed by atoms with Gasteiger partial charge in [-0.3, -0.25) is 4.79 Å². The highest BCUT2D eigenvalue weighted by Crippen LogP contribution is 2.16. The first-order chi connectivity index (χ1) is 13.0. The summed E-state index contributed by atoms with van der Waals surface area (Å²) in [6.45, 7) is 4.43. The molecule has 27 heavy (non-hydrogen) atoms. The van der Waals surface area contributed by atoms with E-state index in [0.717, 1.165) is 30.8 Å². The molecule has 3 rings (SSSR count). The molecule has 6 nitrogen and oxygen atoms in total. The molecule has 1 N–H and O–H groups in total. The van der Waals surface area contributed by atoms with Crippen LogP contribution < -0.4 is 9.62 Å². The van der Waals surface area contributed by atoms with Crippen LogP contribution in [0.25, 0.3) is 0 Å². The van der Waals surface area contributed by atoms with Gasteiger partial charge in [-0.25, -0.2) is 13.1 Å². The molecule has 0 aliphatic carbocycles. The van der Waals surface area contributed by atoms with E-state index in [-0.39, 0.29) is 17.3 Å². The molecule has 0 saturated carbocycles. The lowest BCUT2D eigenvalue weighted by Gasteiger charge is -2.36. The molecule has 0 unspecified atom stereocenters. The van der Waals surface area contributed by atoms with Gasteiger partial charge in [0.05, 0.1) is 11.4 Å². The Hall–Kier alpha value is -2.38. The van der Waals surface area contributed by atoms with Crippen molar-refractivity contribution in [3.8, 4) is 0 Å². The zero-order valence-corrected chi connectivity index (χ0v) is 16.3. The van der Waals surface area contributed by atoms with Gasteiger partial charge in [-0.1, -0.05) is 37.3 Å². The number of para-hydroxylation sites is 1. The molecule has 1 aliphatic rings. The van der Waals surface area contributed by atoms with Crippen molar-refractivity contribution in [2.24, 2.45) is 0 Å². The van der Waals surface area contributed by atoms with E-state index >= 15 is 0 Å². The van der Waals surface area contributed by atoms with Crippen molar-refractivity contribution in [1.29, 1.82) is 0 Å². The molecule has 1 aliphatic heterocycles. The number of sulfonamides is 1. The highest BCUT2D eigenvalue weighted by Gasteiger charge is 2.23. The summed E-state index contributed by atoms with van der Waals surface area (Å²) in [5.74, 6) is -0.198. The number of benzene rings is 2. The second-order valence-corrected chi connectivity index (χ2v) is 8.29. The zero-order valence-electron chi connectivity index (χ0n) is 15.5. The average molecular weight is 388 g/mol. The Kier molecular flexibility index (Phi) is 6.13. The van der Waals surface area contributed by atoms with Gasteiger partial charge in [0.25, 0.3) is 0 Å². The molecule has 0 bridgehead atoms. The van der Waals surface area contributed by atoms with Crippen molar-refractivity contribution in [3.05, 3.63) is 60.2 Å². The minimum Gasteiger partial charge on any atom is -0.368 e. The Morgan fingerprint density at radius 3 is 2.19 bits per heavy atom. The lowest BCUT2D eigenvalue weighted by molar-refractivity contribution is -0.130. The lowest BCUT2D eigenvalue weighted by atomic mass is 10.2. The molecule has 2 aromatic rings. The van der Waals surface area contributed by atoms with Crippen LogP contribution in [0.4, 0.5) is 5.69 Å². The van der Waals surface area contributed by atoms with Crippen LogP contribution in [0.3, 0.4) is 0 Å². The van der Waals surface area contributed by atoms with Crippen molar-refractivity contribution in [3.63, 3.8) is 0 Å². The van der Waals surface area contributed by atoms with Gasteiger partial charge < -0.3 is 9.80 Å². The molecule has 2 aromatic carbocycles. The number of hydrogen-bond donors (Lipinski definition) is 1. The highest BCUT2D eigenvalue weighted by atomic mass is 32.2. The number of hydrogen-bond acceptors (Lipinski definition) is 4. The number of piperazine rings is 1. The quantitative estimate of drug-likeness (QED) is 0.822. The van der Waals surface area contributed by atoms with Crippen LogP contribution in [-0.4, -0.2) is 51.9 Å². The van der Waals surface area contributed by atoms with Gasteiger partial charge in [0.2, 0.25) is 15.9 Å². The number of amides is 1. The van der Waals surface area contributed by atoms with Crippen LogP contribution in [0, 0.1) is 0 Å². The Bertz CT molecular complexity index is 859. The maximum atomic E-state index is 12.4. The fraction of sp³-hybridized carbons (Fsp3) is 0.350. The smallest absolute Gasteiger partial charge is 0.241 e. The van der Waals surface area contributed by atoms with Crippen LogP contribution in [0.5, 0.6) is 0 Å². The van der Waals surface area contributed by atoms with E-state index in [9.17, 15) is 13.2 Å². The molecule has 1 amide bonds. The number of nitrogens with one attached hydrogen (secondary N) is 1. The van der Waals surface area contributed by atoms with Crippen molar-refractivity contribution < 1.29 is 13.2 Å². The van der Waals surface area contributed by atoms with Gasteiger partial charge in [0, 0.05) is 31.9 Å². The first-order valence-corrected chi connectivity index (χ1v) is 10.6. The molecule has 0 spiro atoms. The average Bonchev–Trinajstić information content (AvgIpc) is 2.73. The number of carbonyl (C=O) groups is 1. The number of carbonyl (C=O) groups excluding carboxylic acids is 1. The fourth-order valence-electron chi connectivity index (χ4n) is 3.11. The molecule has 144 valence electrons. The fourth-order valence-corrected chi connectivity index (χ4v) is 4.08. The van der Waals surface area contributed by atoms with E-state index in [2.05, 4.69) is 21.8 Å². The van der Waals surface area contributed by atoms with Crippen molar-refractivity contribution >= 4 is 21.6 Å². The summed E-state index contributed by atoms with van der Waals surface area (Å²) in [7, 11) is -3.68. The SMILES string of the molecule is CCc1ccc(S(=O)(=O)NCC(=O)N2CCN(c3ccccc3)CC2)cc1. The second-order valence-electron chi connectivity index (χ2n) is 6.53. The first-order valence-electron chi connectivity index (χ1n) is 9.16. The van der Waals surface area contributed by atoms with Crippen LogP contribution >= 0.6 is 0 Å². The summed E-state index contributed by atoms with van der Waals surface area (Å²) in [5.41, 5.74) is 2.21. The molecule has 0 aromatic heterocycles. The van der Waals surface area contributed by atoms with Gasteiger partial charge in [-0.15, -0.1) is 0 Å². The molecule has 1 saturated heterocycles. The third-order valence-electron chi connectivity index (χ3n) is 4.81. The Morgan fingerprint density at radius 1 is 0.963 bits per heavy atom. The van der Waals surface area contributed by atoms with E-state index in [1.54, 1.807) is 29.2 Å². The summed E-state index contributed by atoms with van der Waals surface area (Å²) >= 11 is 0. The van der Waals surface area contributed by atoms with Crippen molar-refractivity contribution in [1.82, 2.24) is 9.62 Å². The summed E-state index contributed by atoms with van der Waals surface area (Å²) in [5, 5.41) is 0. The number of aryl methyl sites for hydroxylation is 1. The Morgan fingerprint density at radius 2 is 1.59 bits per heavy atom. The summed E-state index contributed by atoms with van der Waals surface area (Å²) in [6, 6.07) is 16.8. The summed E-state index contributed by atoms with van der Waals surface area (Å²) in [6.07, 6.45) is 0.848. The van der Waals surface area contributed by atoms with Gasteiger partial charge in [-0.05, 0) is 36.2 Å². The minimum absolute atomic E-state index is 0.182. The first kappa shape index (κ1) is 19.4. The second kappa shape index (κ2) is 8.54. The topological polar surface area (TPSA) is 69.7 Å². The summed E-state index contributed by atoms with van der Waals surface area (Å²) in [4.78, 5) is 16.5. The monoisotopic (exact) mass is 387 g/mol. The largest absolute Gasteiger partial charge is 0.368 e. The minimum atomic E-state index is -3.68. The molecular formula is C20H25N3O3S. The van der Waals surface area contributed by atoms with E-state index in [4.69, 9.17) is 0 Å². The summed E-state index contributed by atoms with van der Waals surface area (Å²) < 4.78 is 27.2. The zero-order chi connectivity index (χ0) is 19.3. The predicted molar refractivity (Wildman–Crippen MR) is 106 cm³/mol. The third-order valence-corrected chi connectivity index (χ3v) is 6.23. The lowest BCUT2D eigenvalue weighted by Crippen LogP contribution is -2.51. The standard InChI is InChI=1S/C20H25N3O3S/c1-2-17-8-10-19(11-9-17)27(25,26)21-16-20(24)23-14-12-22(13-15-23)18-6-4-3-5-7-18/h3-11,21H,2,12-16H2,1H3. The van der Waals surface area contributed by atoms with Gasteiger partial charge in [0.1, 0.15) is 0 Å². The number of rotatable bonds is 6. The van der Waals surface area contributed by atoms with E-state index in [1.807, 2.05) is 25.1 Å². The third kappa shape index (κ3) is 4.87. The van der Waals surface area contributed by atoms with Gasteiger partial charge in [0.15, 0.2) is 0 Å². The number of anilines is 1. The molecule has 0 radical (unpaired) electrons.